The number of rotatable bonds is 4. The maximum absolute atomic E-state index is 14.2. The van der Waals surface area contributed by atoms with E-state index in [4.69, 9.17) is 0 Å². The molecule has 1 N–H and O–H groups in total. The number of halogens is 2. The third kappa shape index (κ3) is 2.44. The number of hydrogen-bond donors (Lipinski definition) is 1. The summed E-state index contributed by atoms with van der Waals surface area (Å²) >= 11 is 3.14. The fourth-order valence-electron chi connectivity index (χ4n) is 2.50. The SMILES string of the molecule is CC(=O)N(C1CC1)C(C)(C(=O)O)c1ccc(Br)cc1F. The normalized spacial score (nSPS) is 17.4. The Hall–Kier alpha value is -1.43. The monoisotopic (exact) mass is 343 g/mol. The van der Waals surface area contributed by atoms with Crippen molar-refractivity contribution in [1.82, 2.24) is 4.90 Å². The molecule has 0 heterocycles. The van der Waals surface area contributed by atoms with Crippen LogP contribution in [0.1, 0.15) is 32.3 Å². The van der Waals surface area contributed by atoms with Gasteiger partial charge in [0.2, 0.25) is 5.91 Å². The number of benzene rings is 1. The lowest BCUT2D eigenvalue weighted by molar-refractivity contribution is -0.159. The van der Waals surface area contributed by atoms with Crippen molar-refractivity contribution < 1.29 is 19.1 Å². The lowest BCUT2D eigenvalue weighted by Gasteiger charge is -2.38. The van der Waals surface area contributed by atoms with Crippen LogP contribution in [0.5, 0.6) is 0 Å². The fraction of sp³-hybridized carbons (Fsp3) is 0.429. The summed E-state index contributed by atoms with van der Waals surface area (Å²) in [6.45, 7) is 2.69. The highest BCUT2D eigenvalue weighted by molar-refractivity contribution is 9.10. The van der Waals surface area contributed by atoms with Crippen LogP contribution in [0.4, 0.5) is 4.39 Å². The topological polar surface area (TPSA) is 57.6 Å². The van der Waals surface area contributed by atoms with E-state index in [1.54, 1.807) is 6.07 Å². The third-order valence-electron chi connectivity index (χ3n) is 3.61. The second-order valence-corrected chi connectivity index (χ2v) is 6.04. The molecule has 1 aliphatic rings. The minimum absolute atomic E-state index is 0.00435. The van der Waals surface area contributed by atoms with Crippen molar-refractivity contribution in [3.05, 3.63) is 34.1 Å². The predicted molar refractivity (Wildman–Crippen MR) is 74.6 cm³/mol. The summed E-state index contributed by atoms with van der Waals surface area (Å²) in [7, 11) is 0. The molecule has 1 aliphatic carbocycles. The van der Waals surface area contributed by atoms with Gasteiger partial charge in [-0.25, -0.2) is 9.18 Å². The van der Waals surface area contributed by atoms with E-state index in [-0.39, 0.29) is 17.5 Å². The molecule has 1 fully saturated rings. The van der Waals surface area contributed by atoms with E-state index in [0.29, 0.717) is 4.47 Å². The zero-order chi connectivity index (χ0) is 15.1. The van der Waals surface area contributed by atoms with Crippen molar-refractivity contribution in [2.45, 2.75) is 38.3 Å². The number of amides is 1. The summed E-state index contributed by atoms with van der Waals surface area (Å²) in [5.74, 6) is -2.24. The molecule has 0 saturated heterocycles. The average Bonchev–Trinajstić information content (AvgIpc) is 3.12. The molecule has 4 nitrogen and oxygen atoms in total. The first kappa shape index (κ1) is 15.0. The summed E-state index contributed by atoms with van der Waals surface area (Å²) in [5.41, 5.74) is -1.70. The molecule has 1 saturated carbocycles. The van der Waals surface area contributed by atoms with Gasteiger partial charge < -0.3 is 10.0 Å². The Morgan fingerprint density at radius 1 is 1.45 bits per heavy atom. The van der Waals surface area contributed by atoms with Gasteiger partial charge in [0.15, 0.2) is 5.54 Å². The first-order chi connectivity index (χ1) is 9.28. The second kappa shape index (κ2) is 5.16. The van der Waals surface area contributed by atoms with Gasteiger partial charge in [-0.15, -0.1) is 0 Å². The number of carboxylic acids is 1. The van der Waals surface area contributed by atoms with Crippen molar-refractivity contribution in [2.24, 2.45) is 0 Å². The molecule has 0 bridgehead atoms. The van der Waals surface area contributed by atoms with Gasteiger partial charge in [0.05, 0.1) is 0 Å². The first-order valence-electron chi connectivity index (χ1n) is 6.27. The quantitative estimate of drug-likeness (QED) is 0.914. The van der Waals surface area contributed by atoms with E-state index in [0.717, 1.165) is 12.8 Å². The van der Waals surface area contributed by atoms with Gasteiger partial charge in [-0.05, 0) is 31.9 Å². The van der Waals surface area contributed by atoms with Gasteiger partial charge in [-0.2, -0.15) is 0 Å². The Morgan fingerprint density at radius 2 is 2.05 bits per heavy atom. The number of nitrogens with zero attached hydrogens (tertiary/aromatic N) is 1. The van der Waals surface area contributed by atoms with Crippen molar-refractivity contribution in [3.8, 4) is 0 Å². The lowest BCUT2D eigenvalue weighted by atomic mass is 9.89. The lowest BCUT2D eigenvalue weighted by Crippen LogP contribution is -2.53. The number of carbonyl (C=O) groups excluding carboxylic acids is 1. The van der Waals surface area contributed by atoms with Crippen molar-refractivity contribution in [3.63, 3.8) is 0 Å². The molecule has 1 aromatic carbocycles. The number of hydrogen-bond acceptors (Lipinski definition) is 2. The Balaban J connectivity index is 2.58. The molecule has 1 atom stereocenters. The summed E-state index contributed by atoms with van der Waals surface area (Å²) in [4.78, 5) is 24.9. The Bertz CT molecular complexity index is 574. The van der Waals surface area contributed by atoms with E-state index in [9.17, 15) is 19.1 Å². The molecule has 108 valence electrons. The Kier molecular flexibility index (Phi) is 3.86. The van der Waals surface area contributed by atoms with Crippen LogP contribution in [0, 0.1) is 5.82 Å². The van der Waals surface area contributed by atoms with E-state index in [2.05, 4.69) is 15.9 Å². The summed E-state index contributed by atoms with van der Waals surface area (Å²) in [5, 5.41) is 9.60. The van der Waals surface area contributed by atoms with Crippen LogP contribution in [0.15, 0.2) is 22.7 Å². The molecule has 0 aliphatic heterocycles. The molecule has 1 aromatic rings. The van der Waals surface area contributed by atoms with Crippen molar-refractivity contribution in [1.29, 1.82) is 0 Å². The molecule has 0 aromatic heterocycles. The van der Waals surface area contributed by atoms with Crippen LogP contribution in [0.2, 0.25) is 0 Å². The number of aliphatic carboxylic acids is 1. The van der Waals surface area contributed by atoms with Crippen LogP contribution >= 0.6 is 15.9 Å². The highest BCUT2D eigenvalue weighted by Crippen LogP contribution is 2.40. The van der Waals surface area contributed by atoms with Gasteiger partial charge in [-0.3, -0.25) is 4.79 Å². The predicted octanol–water partition coefficient (Wildman–Crippen LogP) is 2.90. The fourth-order valence-corrected chi connectivity index (χ4v) is 2.84. The molecule has 1 unspecified atom stereocenters. The summed E-state index contributed by atoms with van der Waals surface area (Å²) < 4.78 is 14.7. The maximum atomic E-state index is 14.2. The highest BCUT2D eigenvalue weighted by Gasteiger charge is 2.50. The summed E-state index contributed by atoms with van der Waals surface area (Å²) in [6, 6.07) is 4.06. The highest BCUT2D eigenvalue weighted by atomic mass is 79.9. The van der Waals surface area contributed by atoms with E-state index in [1.165, 1.54) is 30.9 Å². The molecule has 20 heavy (non-hydrogen) atoms. The standard InChI is InChI=1S/C14H15BrFNO3/c1-8(18)17(10-4-5-10)14(2,13(19)20)11-6-3-9(15)7-12(11)16/h3,6-7,10H,4-5H2,1-2H3,(H,19,20). The van der Waals surface area contributed by atoms with Crippen LogP contribution in [0.3, 0.4) is 0 Å². The smallest absolute Gasteiger partial charge is 0.334 e. The van der Waals surface area contributed by atoms with Crippen molar-refractivity contribution in [2.75, 3.05) is 0 Å². The van der Waals surface area contributed by atoms with Gasteiger partial charge in [0, 0.05) is 23.0 Å². The van der Waals surface area contributed by atoms with Gasteiger partial charge in [0.25, 0.3) is 0 Å². The van der Waals surface area contributed by atoms with E-state index in [1.807, 2.05) is 0 Å². The molecule has 0 radical (unpaired) electrons. The molecule has 6 heteroatoms. The minimum atomic E-state index is -1.70. The van der Waals surface area contributed by atoms with E-state index < -0.39 is 17.3 Å². The third-order valence-corrected chi connectivity index (χ3v) is 4.10. The van der Waals surface area contributed by atoms with Gasteiger partial charge in [0.1, 0.15) is 5.82 Å². The number of carbonyl (C=O) groups is 2. The van der Waals surface area contributed by atoms with Crippen LogP contribution in [-0.2, 0) is 15.1 Å². The Labute approximate surface area is 124 Å². The minimum Gasteiger partial charge on any atom is -0.479 e. The number of carboxylic acid groups (broad SMARTS) is 1. The second-order valence-electron chi connectivity index (χ2n) is 5.12. The summed E-state index contributed by atoms with van der Waals surface area (Å²) in [6.07, 6.45) is 1.50. The van der Waals surface area contributed by atoms with E-state index >= 15 is 0 Å². The van der Waals surface area contributed by atoms with Gasteiger partial charge in [-0.1, -0.05) is 22.0 Å². The zero-order valence-corrected chi connectivity index (χ0v) is 12.8. The van der Waals surface area contributed by atoms with Crippen molar-refractivity contribution >= 4 is 27.8 Å². The molecule has 2 rings (SSSR count). The molecular weight excluding hydrogens is 329 g/mol. The largest absolute Gasteiger partial charge is 0.479 e. The molecule has 0 spiro atoms. The van der Waals surface area contributed by atoms with Gasteiger partial charge >= 0.3 is 5.97 Å². The molecular formula is C14H15BrFNO3. The molecule has 1 amide bonds. The van der Waals surface area contributed by atoms with Crippen LogP contribution in [-0.4, -0.2) is 27.9 Å². The maximum Gasteiger partial charge on any atom is 0.334 e. The first-order valence-corrected chi connectivity index (χ1v) is 7.06. The zero-order valence-electron chi connectivity index (χ0n) is 11.2. The Morgan fingerprint density at radius 3 is 2.45 bits per heavy atom. The average molecular weight is 344 g/mol. The van der Waals surface area contributed by atoms with Crippen LogP contribution < -0.4 is 0 Å². The van der Waals surface area contributed by atoms with Crippen LogP contribution in [0.25, 0.3) is 0 Å².